The van der Waals surface area contributed by atoms with Gasteiger partial charge in [-0.15, -0.1) is 0 Å². The molecule has 0 N–H and O–H groups in total. The molecule has 1 amide bonds. The number of benzene rings is 1. The largest absolute Gasteiger partial charge is 0.490 e. The first-order chi connectivity index (χ1) is 12.0. The first-order valence-corrected chi connectivity index (χ1v) is 8.95. The molecule has 0 unspecified atom stereocenters. The molecule has 2 rings (SSSR count). The fourth-order valence-corrected chi connectivity index (χ4v) is 3.22. The Balaban J connectivity index is 2.19. The highest BCUT2D eigenvalue weighted by molar-refractivity contribution is 8.26. The van der Waals surface area contributed by atoms with Crippen molar-refractivity contribution in [1.29, 1.82) is 0 Å². The number of rotatable bonds is 7. The van der Waals surface area contributed by atoms with Crippen molar-refractivity contribution in [3.05, 3.63) is 28.7 Å². The lowest BCUT2D eigenvalue weighted by Crippen LogP contribution is -2.22. The van der Waals surface area contributed by atoms with Gasteiger partial charge in [-0.25, -0.2) is 4.79 Å². The van der Waals surface area contributed by atoms with Crippen LogP contribution in [0.4, 0.5) is 0 Å². The molecule has 0 bridgehead atoms. The smallest absolute Gasteiger partial charge is 0.344 e. The topological polar surface area (TPSA) is 65.1 Å². The second-order valence-corrected chi connectivity index (χ2v) is 6.65. The van der Waals surface area contributed by atoms with Crippen molar-refractivity contribution < 1.29 is 23.8 Å². The van der Waals surface area contributed by atoms with Gasteiger partial charge in [0.15, 0.2) is 18.1 Å². The number of nitrogens with zero attached hydrogens (tertiary/aromatic N) is 1. The lowest BCUT2D eigenvalue weighted by atomic mass is 10.2. The molecule has 1 aromatic rings. The summed E-state index contributed by atoms with van der Waals surface area (Å²) in [6.45, 7) is 4.13. The predicted molar refractivity (Wildman–Crippen MR) is 101 cm³/mol. The summed E-state index contributed by atoms with van der Waals surface area (Å²) in [6, 6.07) is 5.24. The minimum Gasteiger partial charge on any atom is -0.490 e. The monoisotopic (exact) mass is 381 g/mol. The lowest BCUT2D eigenvalue weighted by Gasteiger charge is -2.12. The van der Waals surface area contributed by atoms with E-state index < -0.39 is 5.97 Å². The Morgan fingerprint density at radius 2 is 2.00 bits per heavy atom. The number of carbonyl (C=O) groups is 2. The maximum atomic E-state index is 12.1. The number of thiocarbonyl (C=S) groups is 1. The normalized spacial score (nSPS) is 15.6. The Kier molecular flexibility index (Phi) is 6.83. The van der Waals surface area contributed by atoms with Crippen LogP contribution in [0.5, 0.6) is 11.5 Å². The van der Waals surface area contributed by atoms with Crippen molar-refractivity contribution in [2.75, 3.05) is 26.9 Å². The third-order valence-corrected chi connectivity index (χ3v) is 4.69. The fraction of sp³-hybridized carbons (Fsp3) is 0.353. The zero-order valence-electron chi connectivity index (χ0n) is 14.2. The summed E-state index contributed by atoms with van der Waals surface area (Å²) in [6.07, 6.45) is 1.75. The average molecular weight is 381 g/mol. The van der Waals surface area contributed by atoms with Gasteiger partial charge in [0.25, 0.3) is 5.91 Å². The molecular weight excluding hydrogens is 362 g/mol. The summed E-state index contributed by atoms with van der Waals surface area (Å²) >= 11 is 6.37. The second kappa shape index (κ2) is 8.87. The van der Waals surface area contributed by atoms with Crippen LogP contribution in [-0.2, 0) is 14.3 Å². The van der Waals surface area contributed by atoms with E-state index in [9.17, 15) is 9.59 Å². The second-order valence-electron chi connectivity index (χ2n) is 4.97. The molecule has 0 aliphatic carbocycles. The number of carbonyl (C=O) groups excluding carboxylic acids is 2. The van der Waals surface area contributed by atoms with E-state index in [0.29, 0.717) is 33.9 Å². The van der Waals surface area contributed by atoms with Crippen molar-refractivity contribution in [1.82, 2.24) is 4.90 Å². The summed E-state index contributed by atoms with van der Waals surface area (Å²) in [5, 5.41) is 0. The molecule has 1 saturated heterocycles. The number of esters is 1. The van der Waals surface area contributed by atoms with Crippen molar-refractivity contribution in [3.8, 4) is 11.5 Å². The van der Waals surface area contributed by atoms with Crippen LogP contribution in [0.1, 0.15) is 19.4 Å². The number of amides is 1. The van der Waals surface area contributed by atoms with Gasteiger partial charge in [0.1, 0.15) is 4.32 Å². The molecule has 0 saturated carbocycles. The molecule has 0 radical (unpaired) electrons. The van der Waals surface area contributed by atoms with Crippen LogP contribution in [0, 0.1) is 0 Å². The summed E-state index contributed by atoms with van der Waals surface area (Å²) in [4.78, 5) is 25.5. The van der Waals surface area contributed by atoms with E-state index >= 15 is 0 Å². The highest BCUT2D eigenvalue weighted by atomic mass is 32.2. The van der Waals surface area contributed by atoms with Gasteiger partial charge in [-0.3, -0.25) is 9.69 Å². The predicted octanol–water partition coefficient (Wildman–Crippen LogP) is 2.86. The maximum absolute atomic E-state index is 12.1. The average Bonchev–Trinajstić information content (AvgIpc) is 2.82. The van der Waals surface area contributed by atoms with Crippen LogP contribution < -0.4 is 9.47 Å². The molecule has 1 aromatic carbocycles. The van der Waals surface area contributed by atoms with Gasteiger partial charge < -0.3 is 14.2 Å². The zero-order chi connectivity index (χ0) is 18.4. The number of likely N-dealkylation sites (N-methyl/N-ethyl adjacent to an activating group) is 1. The van der Waals surface area contributed by atoms with E-state index in [-0.39, 0.29) is 12.5 Å². The van der Waals surface area contributed by atoms with Crippen molar-refractivity contribution in [2.24, 2.45) is 0 Å². The van der Waals surface area contributed by atoms with Crippen LogP contribution >= 0.6 is 24.0 Å². The van der Waals surface area contributed by atoms with Crippen LogP contribution in [0.2, 0.25) is 0 Å². The molecule has 6 nitrogen and oxygen atoms in total. The molecule has 0 aromatic heterocycles. The Bertz CT molecular complexity index is 717. The van der Waals surface area contributed by atoms with Crippen LogP contribution in [0.3, 0.4) is 0 Å². The molecule has 134 valence electrons. The van der Waals surface area contributed by atoms with E-state index in [0.717, 1.165) is 5.56 Å². The molecule has 8 heteroatoms. The molecule has 0 atom stereocenters. The Hall–Kier alpha value is -2.06. The first kappa shape index (κ1) is 19.3. The van der Waals surface area contributed by atoms with Crippen LogP contribution in [-0.4, -0.2) is 48.0 Å². The van der Waals surface area contributed by atoms with E-state index in [2.05, 4.69) is 0 Å². The van der Waals surface area contributed by atoms with Gasteiger partial charge in [0, 0.05) is 7.05 Å². The Morgan fingerprint density at radius 1 is 1.24 bits per heavy atom. The third-order valence-electron chi connectivity index (χ3n) is 3.20. The number of ether oxygens (including phenoxy) is 3. The number of thioether (sulfide) groups is 1. The highest BCUT2D eigenvalue weighted by Crippen LogP contribution is 2.34. The van der Waals surface area contributed by atoms with Gasteiger partial charge in [-0.1, -0.05) is 30.0 Å². The summed E-state index contributed by atoms with van der Waals surface area (Å²) < 4.78 is 16.4. The van der Waals surface area contributed by atoms with E-state index in [1.807, 2.05) is 6.92 Å². The zero-order valence-corrected chi connectivity index (χ0v) is 15.9. The van der Waals surface area contributed by atoms with E-state index in [1.54, 1.807) is 38.2 Å². The molecule has 1 aliphatic rings. The lowest BCUT2D eigenvalue weighted by molar-refractivity contribution is -0.145. The maximum Gasteiger partial charge on any atom is 0.344 e. The van der Waals surface area contributed by atoms with E-state index in [4.69, 9.17) is 26.4 Å². The van der Waals surface area contributed by atoms with Gasteiger partial charge in [0.05, 0.1) is 18.1 Å². The quantitative estimate of drug-likeness (QED) is 0.409. The summed E-state index contributed by atoms with van der Waals surface area (Å²) in [5.74, 6) is 0.360. The molecular formula is C17H19NO5S2. The standard InChI is InChI=1S/C17H19NO5S2/c1-4-21-13-8-11(9-14-16(20)18(3)17(24)25-14)6-7-12(13)23-10-15(19)22-5-2/h6-9H,4-5,10H2,1-3H3/b14-9+. The van der Waals surface area contributed by atoms with Gasteiger partial charge in [-0.2, -0.15) is 0 Å². The minimum absolute atomic E-state index is 0.129. The van der Waals surface area contributed by atoms with E-state index in [1.165, 1.54) is 16.7 Å². The van der Waals surface area contributed by atoms with Crippen molar-refractivity contribution >= 4 is 46.3 Å². The molecule has 1 fully saturated rings. The Morgan fingerprint density at radius 3 is 2.60 bits per heavy atom. The molecule has 1 heterocycles. The summed E-state index contributed by atoms with van der Waals surface area (Å²) in [7, 11) is 1.65. The van der Waals surface area contributed by atoms with Crippen LogP contribution in [0.25, 0.3) is 6.08 Å². The fourth-order valence-electron chi connectivity index (χ4n) is 2.04. The number of hydrogen-bond donors (Lipinski definition) is 0. The SMILES string of the molecule is CCOC(=O)COc1ccc(/C=C2/SC(=S)N(C)C2=O)cc1OCC. The first-order valence-electron chi connectivity index (χ1n) is 7.73. The Labute approximate surface area is 156 Å². The highest BCUT2D eigenvalue weighted by Gasteiger charge is 2.28. The summed E-state index contributed by atoms with van der Waals surface area (Å²) in [5.41, 5.74) is 0.779. The minimum atomic E-state index is -0.444. The van der Waals surface area contributed by atoms with Gasteiger partial charge in [-0.05, 0) is 37.6 Å². The molecule has 25 heavy (non-hydrogen) atoms. The van der Waals surface area contributed by atoms with Gasteiger partial charge in [0.2, 0.25) is 0 Å². The third kappa shape index (κ3) is 4.96. The van der Waals surface area contributed by atoms with Crippen molar-refractivity contribution in [2.45, 2.75) is 13.8 Å². The molecule has 0 spiro atoms. The van der Waals surface area contributed by atoms with Crippen LogP contribution in [0.15, 0.2) is 23.1 Å². The molecule has 1 aliphatic heterocycles. The number of hydrogen-bond acceptors (Lipinski definition) is 7. The van der Waals surface area contributed by atoms with Crippen molar-refractivity contribution in [3.63, 3.8) is 0 Å². The van der Waals surface area contributed by atoms with Gasteiger partial charge >= 0.3 is 5.97 Å².